The van der Waals surface area contributed by atoms with Gasteiger partial charge in [-0.2, -0.15) is 8.78 Å². The van der Waals surface area contributed by atoms with E-state index in [0.29, 0.717) is 0 Å². The molecule has 0 nitrogen and oxygen atoms in total. The first-order valence-corrected chi connectivity index (χ1v) is 2.32. The monoisotopic (exact) mass is 222 g/mol. The quantitative estimate of drug-likeness (QED) is 0.335. The van der Waals surface area contributed by atoms with Crippen LogP contribution in [0.25, 0.3) is 0 Å². The van der Waals surface area contributed by atoms with E-state index in [-0.39, 0.29) is 17.1 Å². The minimum Gasteiger partial charge on any atom is -0.396 e. The fourth-order valence-electron chi connectivity index (χ4n) is 0.370. The van der Waals surface area contributed by atoms with Crippen molar-refractivity contribution < 1.29 is 34.6 Å². The normalized spacial score (nSPS) is 25.9. The fraction of sp³-hybridized carbons (Fsp3) is 0.500. The second-order valence-corrected chi connectivity index (χ2v) is 1.97. The maximum atomic E-state index is 11.7. The minimum atomic E-state index is -4.19. The van der Waals surface area contributed by atoms with Crippen molar-refractivity contribution in [1.29, 1.82) is 0 Å². The summed E-state index contributed by atoms with van der Waals surface area (Å²) < 4.78 is 46.7. The molecule has 0 radical (unpaired) electrons. The zero-order chi connectivity index (χ0) is 7.28. The number of allylic oxidation sites excluding steroid dienone is 2. The minimum absolute atomic E-state index is 0. The smallest absolute Gasteiger partial charge is 0.396 e. The Hall–Kier alpha value is 0.269. The summed E-state index contributed by atoms with van der Waals surface area (Å²) in [6.07, 6.45) is 1.07. The van der Waals surface area contributed by atoms with Gasteiger partial charge in [-0.1, -0.05) is 5.03 Å². The third-order valence-electron chi connectivity index (χ3n) is 0.937. The summed E-state index contributed by atoms with van der Waals surface area (Å²) in [5, 5.41) is -1.20. The predicted molar refractivity (Wildman–Crippen MR) is 22.5 cm³/mol. The summed E-state index contributed by atoms with van der Waals surface area (Å²) in [4.78, 5) is 0. The SMILES string of the molecule is FC1(F)[C-]=C(Cl)C1(F)F.[Cu+]. The van der Waals surface area contributed by atoms with Gasteiger partial charge < -0.3 is 6.08 Å². The second kappa shape index (κ2) is 2.39. The van der Waals surface area contributed by atoms with Gasteiger partial charge in [-0.3, -0.25) is 0 Å². The number of hydrogen-bond donors (Lipinski definition) is 0. The molecule has 0 atom stereocenters. The van der Waals surface area contributed by atoms with Crippen LogP contribution in [0.4, 0.5) is 17.6 Å². The van der Waals surface area contributed by atoms with Gasteiger partial charge in [0, 0.05) is 0 Å². The molecule has 0 saturated carbocycles. The van der Waals surface area contributed by atoms with Crippen LogP contribution in [0.5, 0.6) is 0 Å². The van der Waals surface area contributed by atoms with Crippen LogP contribution in [0.1, 0.15) is 0 Å². The van der Waals surface area contributed by atoms with Crippen molar-refractivity contribution >= 4 is 11.6 Å². The van der Waals surface area contributed by atoms with E-state index in [2.05, 4.69) is 11.6 Å². The van der Waals surface area contributed by atoms with E-state index < -0.39 is 16.9 Å². The number of halogens is 5. The summed E-state index contributed by atoms with van der Waals surface area (Å²) in [5.74, 6) is -8.35. The molecule has 0 unspecified atom stereocenters. The third-order valence-corrected chi connectivity index (χ3v) is 1.27. The Labute approximate surface area is 69.7 Å². The summed E-state index contributed by atoms with van der Waals surface area (Å²) in [5.41, 5.74) is 0. The first kappa shape index (κ1) is 10.3. The van der Waals surface area contributed by atoms with Crippen molar-refractivity contribution in [3.63, 3.8) is 0 Å². The third kappa shape index (κ3) is 1.06. The molecule has 0 amide bonds. The van der Waals surface area contributed by atoms with Crippen LogP contribution >= 0.6 is 11.6 Å². The molecule has 0 N–H and O–H groups in total. The van der Waals surface area contributed by atoms with Crippen LogP contribution in [0.3, 0.4) is 0 Å². The van der Waals surface area contributed by atoms with E-state index >= 15 is 0 Å². The molecular weight excluding hydrogens is 223 g/mol. The first-order chi connectivity index (χ1) is 3.88. The van der Waals surface area contributed by atoms with Gasteiger partial charge in [-0.25, -0.2) is 8.78 Å². The second-order valence-electron chi connectivity index (χ2n) is 1.59. The Morgan fingerprint density at radius 1 is 1.20 bits per heavy atom. The predicted octanol–water partition coefficient (Wildman–Crippen LogP) is 2.19. The van der Waals surface area contributed by atoms with E-state index in [9.17, 15) is 17.6 Å². The number of hydrogen-bond acceptors (Lipinski definition) is 0. The standard InChI is InChI=1S/C4ClF4.Cu/c5-2-1-3(6,7)4(2,8)9;/q-1;+1. The van der Waals surface area contributed by atoms with E-state index in [4.69, 9.17) is 0 Å². The van der Waals surface area contributed by atoms with Gasteiger partial charge in [0.15, 0.2) is 5.92 Å². The largest absolute Gasteiger partial charge is 1.00 e. The molecule has 10 heavy (non-hydrogen) atoms. The molecule has 0 saturated heterocycles. The average Bonchev–Trinajstić information content (AvgIpc) is 1.65. The van der Waals surface area contributed by atoms with E-state index in [1.165, 1.54) is 0 Å². The van der Waals surface area contributed by atoms with Gasteiger partial charge in [0.2, 0.25) is 0 Å². The molecule has 0 aliphatic heterocycles. The number of rotatable bonds is 0. The van der Waals surface area contributed by atoms with Crippen molar-refractivity contribution in [2.75, 3.05) is 0 Å². The summed E-state index contributed by atoms with van der Waals surface area (Å²) in [6.45, 7) is 0. The maximum absolute atomic E-state index is 11.7. The van der Waals surface area contributed by atoms with Crippen LogP contribution in [0, 0.1) is 6.08 Å². The van der Waals surface area contributed by atoms with Crippen molar-refractivity contribution in [3.8, 4) is 0 Å². The van der Waals surface area contributed by atoms with E-state index in [1.54, 1.807) is 0 Å². The Morgan fingerprint density at radius 2 is 1.60 bits per heavy atom. The Bertz CT molecular complexity index is 176. The van der Waals surface area contributed by atoms with Gasteiger partial charge in [0.05, 0.1) is 0 Å². The van der Waals surface area contributed by atoms with Gasteiger partial charge >= 0.3 is 17.1 Å². The van der Waals surface area contributed by atoms with Crippen LogP contribution in [0.15, 0.2) is 5.03 Å². The molecule has 62 valence electrons. The van der Waals surface area contributed by atoms with Crippen molar-refractivity contribution in [1.82, 2.24) is 0 Å². The van der Waals surface area contributed by atoms with Crippen LogP contribution < -0.4 is 0 Å². The summed E-state index contributed by atoms with van der Waals surface area (Å²) in [6, 6.07) is 0. The zero-order valence-corrected chi connectivity index (χ0v) is 5.89. The van der Waals surface area contributed by atoms with Crippen molar-refractivity contribution in [2.24, 2.45) is 0 Å². The topological polar surface area (TPSA) is 0 Å². The first-order valence-electron chi connectivity index (χ1n) is 1.94. The van der Waals surface area contributed by atoms with Crippen molar-refractivity contribution in [2.45, 2.75) is 11.8 Å². The molecule has 1 rings (SSSR count). The van der Waals surface area contributed by atoms with Crippen molar-refractivity contribution in [3.05, 3.63) is 11.1 Å². The van der Waals surface area contributed by atoms with Gasteiger partial charge in [-0.15, -0.1) is 11.6 Å². The van der Waals surface area contributed by atoms with E-state index in [0.717, 1.165) is 6.08 Å². The fourth-order valence-corrected chi connectivity index (χ4v) is 0.608. The Kier molecular flexibility index (Phi) is 2.46. The van der Waals surface area contributed by atoms with Crippen LogP contribution in [-0.4, -0.2) is 11.8 Å². The molecule has 0 bridgehead atoms. The van der Waals surface area contributed by atoms with Crippen LogP contribution in [0.2, 0.25) is 0 Å². The Morgan fingerprint density at radius 3 is 1.60 bits per heavy atom. The van der Waals surface area contributed by atoms with E-state index in [1.807, 2.05) is 0 Å². The van der Waals surface area contributed by atoms with Gasteiger partial charge in [0.1, 0.15) is 0 Å². The maximum Gasteiger partial charge on any atom is 1.00 e. The molecule has 1 aliphatic carbocycles. The van der Waals surface area contributed by atoms with Crippen LogP contribution in [-0.2, 0) is 17.1 Å². The molecule has 0 spiro atoms. The average molecular weight is 223 g/mol. The molecule has 0 heterocycles. The number of alkyl halides is 4. The molecule has 1 aliphatic rings. The molecular formula is C4ClCuF4. The molecule has 0 aromatic heterocycles. The molecule has 0 fully saturated rings. The van der Waals surface area contributed by atoms with Gasteiger partial charge in [0.25, 0.3) is 5.92 Å². The van der Waals surface area contributed by atoms with Gasteiger partial charge in [-0.05, 0) is 0 Å². The Balaban J connectivity index is 0.000000810. The molecule has 6 heteroatoms. The summed E-state index contributed by atoms with van der Waals surface area (Å²) >= 11 is 4.60. The molecule has 0 aromatic carbocycles. The zero-order valence-electron chi connectivity index (χ0n) is 4.19. The molecule has 0 aromatic rings. The summed E-state index contributed by atoms with van der Waals surface area (Å²) in [7, 11) is 0.